The number of benzene rings is 1. The number of alkyl halides is 1. The second kappa shape index (κ2) is 17.8. The van der Waals surface area contributed by atoms with Gasteiger partial charge in [0.1, 0.15) is 30.2 Å². The molecule has 0 bridgehead atoms. The van der Waals surface area contributed by atoms with Crippen molar-refractivity contribution in [1.82, 2.24) is 20.1 Å². The fraction of sp³-hybridized carbons (Fsp3) is 0.615. The van der Waals surface area contributed by atoms with Crippen LogP contribution in [0.5, 0.6) is 5.75 Å². The largest absolute Gasteiger partial charge is 0.491 e. The van der Waals surface area contributed by atoms with Crippen LogP contribution in [0, 0.1) is 11.8 Å². The first-order valence-corrected chi connectivity index (χ1v) is 18.1. The van der Waals surface area contributed by atoms with Gasteiger partial charge in [-0.05, 0) is 109 Å². The van der Waals surface area contributed by atoms with Crippen molar-refractivity contribution in [2.75, 3.05) is 39.5 Å². The van der Waals surface area contributed by atoms with Gasteiger partial charge in [-0.25, -0.2) is 9.18 Å². The van der Waals surface area contributed by atoms with Crippen molar-refractivity contribution in [3.8, 4) is 16.9 Å². The molecule has 2 aliphatic rings. The Morgan fingerprint density at radius 3 is 2.24 bits per heavy atom. The van der Waals surface area contributed by atoms with E-state index in [1.807, 2.05) is 39.0 Å². The molecule has 2 aliphatic heterocycles. The SMILES string of the molecule is CC(C)(C)OC(=O)C[C@H](NC(=O)[C@@H]1CCCN(C(=O)CCC2CCN(C(=O)OC(C)(C)C)CC2)C1)c1cncc(-c2ccc(OCCF)cc2)c1. The minimum absolute atomic E-state index is 0.0203. The predicted molar refractivity (Wildman–Crippen MR) is 192 cm³/mol. The first-order valence-electron chi connectivity index (χ1n) is 18.1. The number of nitrogens with one attached hydrogen (secondary N) is 1. The Bertz CT molecular complexity index is 1480. The summed E-state index contributed by atoms with van der Waals surface area (Å²) in [6.45, 7) is 12.5. The molecule has 0 radical (unpaired) electrons. The smallest absolute Gasteiger partial charge is 0.410 e. The number of carbonyl (C=O) groups excluding carboxylic acids is 4. The maximum Gasteiger partial charge on any atom is 0.410 e. The third-order valence-electron chi connectivity index (χ3n) is 8.98. The lowest BCUT2D eigenvalue weighted by Crippen LogP contribution is -2.46. The number of halogens is 1. The minimum atomic E-state index is -0.704. The van der Waals surface area contributed by atoms with Crippen LogP contribution in [-0.2, 0) is 23.9 Å². The molecule has 2 aromatic rings. The lowest BCUT2D eigenvalue weighted by atomic mass is 9.91. The fourth-order valence-electron chi connectivity index (χ4n) is 6.43. The zero-order valence-corrected chi connectivity index (χ0v) is 31.0. The van der Waals surface area contributed by atoms with E-state index in [9.17, 15) is 23.6 Å². The fourth-order valence-corrected chi connectivity index (χ4v) is 6.43. The zero-order valence-electron chi connectivity index (χ0n) is 31.0. The molecule has 3 amide bonds. The number of ether oxygens (including phenoxy) is 3. The van der Waals surface area contributed by atoms with Gasteiger partial charge in [-0.3, -0.25) is 19.4 Å². The zero-order chi connectivity index (χ0) is 37.2. The number of hydrogen-bond acceptors (Lipinski definition) is 8. The summed E-state index contributed by atoms with van der Waals surface area (Å²) in [6.07, 6.45) is 7.07. The van der Waals surface area contributed by atoms with Gasteiger partial charge in [-0.1, -0.05) is 12.1 Å². The average molecular weight is 711 g/mol. The third-order valence-corrected chi connectivity index (χ3v) is 8.98. The number of nitrogens with zero attached hydrogens (tertiary/aromatic N) is 3. The summed E-state index contributed by atoms with van der Waals surface area (Å²) in [5, 5.41) is 3.09. The Balaban J connectivity index is 1.37. The number of hydrogen-bond donors (Lipinski definition) is 1. The van der Waals surface area contributed by atoms with E-state index in [4.69, 9.17) is 14.2 Å². The van der Waals surface area contributed by atoms with Crippen LogP contribution < -0.4 is 10.1 Å². The molecular formula is C39H55FN4O7. The highest BCUT2D eigenvalue weighted by molar-refractivity contribution is 5.82. The number of esters is 1. The molecule has 0 unspecified atom stereocenters. The van der Waals surface area contributed by atoms with Crippen molar-refractivity contribution >= 4 is 23.9 Å². The highest BCUT2D eigenvalue weighted by Gasteiger charge is 2.32. The Morgan fingerprint density at radius 2 is 1.59 bits per heavy atom. The summed E-state index contributed by atoms with van der Waals surface area (Å²) in [6, 6.07) is 8.37. The van der Waals surface area contributed by atoms with Crippen LogP contribution in [0.25, 0.3) is 11.1 Å². The van der Waals surface area contributed by atoms with E-state index in [2.05, 4.69) is 10.3 Å². The van der Waals surface area contributed by atoms with Crippen LogP contribution in [0.4, 0.5) is 9.18 Å². The van der Waals surface area contributed by atoms with Crippen LogP contribution in [0.2, 0.25) is 0 Å². The van der Waals surface area contributed by atoms with Crippen molar-refractivity contribution in [1.29, 1.82) is 0 Å². The van der Waals surface area contributed by atoms with E-state index in [-0.39, 0.29) is 30.9 Å². The van der Waals surface area contributed by atoms with Gasteiger partial charge in [0.2, 0.25) is 11.8 Å². The van der Waals surface area contributed by atoms with Crippen LogP contribution in [0.15, 0.2) is 42.7 Å². The van der Waals surface area contributed by atoms with Crippen LogP contribution in [-0.4, -0.2) is 89.3 Å². The molecule has 0 aliphatic carbocycles. The quantitative estimate of drug-likeness (QED) is 0.243. The van der Waals surface area contributed by atoms with Gasteiger partial charge in [-0.15, -0.1) is 0 Å². The van der Waals surface area contributed by atoms with Gasteiger partial charge in [0, 0.05) is 50.6 Å². The number of aromatic nitrogens is 1. The summed E-state index contributed by atoms with van der Waals surface area (Å²) < 4.78 is 29.0. The molecule has 0 spiro atoms. The normalized spacial score (nSPS) is 17.7. The number of carbonyl (C=O) groups is 4. The third kappa shape index (κ3) is 12.8. The van der Waals surface area contributed by atoms with Crippen molar-refractivity contribution in [3.05, 3.63) is 48.3 Å². The molecule has 4 rings (SSSR count). The van der Waals surface area contributed by atoms with Gasteiger partial charge >= 0.3 is 12.1 Å². The highest BCUT2D eigenvalue weighted by atomic mass is 19.1. The van der Waals surface area contributed by atoms with Gasteiger partial charge < -0.3 is 29.3 Å². The first kappa shape index (κ1) is 39.6. The lowest BCUT2D eigenvalue weighted by molar-refractivity contribution is -0.155. The Morgan fingerprint density at radius 1 is 0.902 bits per heavy atom. The molecule has 2 fully saturated rings. The molecular weight excluding hydrogens is 655 g/mol. The molecule has 3 heterocycles. The maximum atomic E-state index is 13.8. The lowest BCUT2D eigenvalue weighted by Gasteiger charge is -2.35. The second-order valence-electron chi connectivity index (χ2n) is 15.5. The van der Waals surface area contributed by atoms with E-state index in [0.29, 0.717) is 62.7 Å². The van der Waals surface area contributed by atoms with E-state index in [1.165, 1.54) is 0 Å². The minimum Gasteiger partial charge on any atom is -0.491 e. The Labute approximate surface area is 301 Å². The monoisotopic (exact) mass is 710 g/mol. The number of rotatable bonds is 12. The molecule has 1 N–H and O–H groups in total. The van der Waals surface area contributed by atoms with E-state index < -0.39 is 35.8 Å². The van der Waals surface area contributed by atoms with Crippen molar-refractivity contribution < 1.29 is 37.8 Å². The summed E-state index contributed by atoms with van der Waals surface area (Å²) in [4.78, 5) is 60.5. The highest BCUT2D eigenvalue weighted by Crippen LogP contribution is 2.29. The standard InChI is InChI=1S/C39H55FN4O7/c1-38(2,3)50-35(46)23-33(31-22-30(24-41-25-31)28-10-12-32(13-11-28)49-21-17-40)42-36(47)29-8-7-18-44(26-29)34(45)14-9-27-15-19-43(20-16-27)37(48)51-39(4,5)6/h10-13,22,24-25,27,29,33H,7-9,14-21,23,26H2,1-6H3,(H,42,47)/t29-,33+/m1/s1. The molecule has 1 aromatic carbocycles. The number of amides is 3. The van der Waals surface area contributed by atoms with E-state index in [1.54, 1.807) is 55.1 Å². The second-order valence-corrected chi connectivity index (χ2v) is 15.5. The predicted octanol–water partition coefficient (Wildman–Crippen LogP) is 6.65. The Hall–Kier alpha value is -4.22. The number of piperidine rings is 2. The molecule has 1 aromatic heterocycles. The first-order chi connectivity index (χ1) is 24.1. The molecule has 11 nitrogen and oxygen atoms in total. The van der Waals surface area contributed by atoms with Gasteiger partial charge in [-0.2, -0.15) is 0 Å². The molecule has 12 heteroatoms. The molecule has 2 atom stereocenters. The van der Waals surface area contributed by atoms with Crippen LogP contribution >= 0.6 is 0 Å². The molecule has 2 saturated heterocycles. The number of pyridine rings is 1. The van der Waals surface area contributed by atoms with Crippen LogP contribution in [0.1, 0.15) is 98.1 Å². The van der Waals surface area contributed by atoms with Crippen LogP contribution in [0.3, 0.4) is 0 Å². The Kier molecular flexibility index (Phi) is 13.8. The molecule has 51 heavy (non-hydrogen) atoms. The van der Waals surface area contributed by atoms with E-state index in [0.717, 1.165) is 30.4 Å². The summed E-state index contributed by atoms with van der Waals surface area (Å²) in [7, 11) is 0. The van der Waals surface area contributed by atoms with Gasteiger partial charge in [0.05, 0.1) is 18.4 Å². The van der Waals surface area contributed by atoms with Crippen molar-refractivity contribution in [2.45, 2.75) is 104 Å². The number of likely N-dealkylation sites (tertiary alicyclic amines) is 2. The molecule has 280 valence electrons. The van der Waals surface area contributed by atoms with E-state index >= 15 is 0 Å². The molecule has 0 saturated carbocycles. The summed E-state index contributed by atoms with van der Waals surface area (Å²) >= 11 is 0. The van der Waals surface area contributed by atoms with Gasteiger partial charge in [0.25, 0.3) is 0 Å². The average Bonchev–Trinajstić information content (AvgIpc) is 3.08. The van der Waals surface area contributed by atoms with Gasteiger partial charge in [0.15, 0.2) is 0 Å². The van der Waals surface area contributed by atoms with Crippen molar-refractivity contribution in [2.24, 2.45) is 11.8 Å². The maximum absolute atomic E-state index is 13.8. The topological polar surface area (TPSA) is 127 Å². The van der Waals surface area contributed by atoms with Crippen molar-refractivity contribution in [3.63, 3.8) is 0 Å². The summed E-state index contributed by atoms with van der Waals surface area (Å²) in [5.41, 5.74) is 1.03. The summed E-state index contributed by atoms with van der Waals surface area (Å²) in [5.74, 6) is -0.169.